The first-order valence-corrected chi connectivity index (χ1v) is 14.7. The Morgan fingerprint density at radius 3 is 2.29 bits per heavy atom. The molecule has 0 fully saturated rings. The molecule has 0 radical (unpaired) electrons. The van der Waals surface area contributed by atoms with Crippen molar-refractivity contribution in [1.82, 2.24) is 14.9 Å². The van der Waals surface area contributed by atoms with E-state index in [4.69, 9.17) is 4.74 Å². The molecular formula is C34H34F3N7O4. The second-order valence-corrected chi connectivity index (χ2v) is 10.8. The molecule has 0 aliphatic carbocycles. The van der Waals surface area contributed by atoms with Crippen LogP contribution in [0.5, 0.6) is 5.75 Å². The first-order chi connectivity index (χ1) is 22.8. The molecule has 48 heavy (non-hydrogen) atoms. The molecule has 3 aromatic carbocycles. The van der Waals surface area contributed by atoms with Crippen molar-refractivity contribution in [2.75, 3.05) is 48.5 Å². The van der Waals surface area contributed by atoms with Crippen LogP contribution >= 0.6 is 0 Å². The van der Waals surface area contributed by atoms with E-state index in [9.17, 15) is 27.6 Å². The van der Waals surface area contributed by atoms with Crippen LogP contribution in [0.1, 0.15) is 38.3 Å². The van der Waals surface area contributed by atoms with Gasteiger partial charge in [-0.3, -0.25) is 14.4 Å². The van der Waals surface area contributed by atoms with Crippen molar-refractivity contribution >= 4 is 46.4 Å². The van der Waals surface area contributed by atoms with Crippen LogP contribution in [0.25, 0.3) is 0 Å². The van der Waals surface area contributed by atoms with Gasteiger partial charge < -0.3 is 30.9 Å². The lowest BCUT2D eigenvalue weighted by molar-refractivity contribution is -0.137. The number of benzene rings is 3. The summed E-state index contributed by atoms with van der Waals surface area (Å²) in [5.74, 6) is -0.978. The normalized spacial score (nSPS) is 11.1. The number of aryl methyl sites for hydroxylation is 1. The van der Waals surface area contributed by atoms with Gasteiger partial charge in [0.1, 0.15) is 5.75 Å². The summed E-state index contributed by atoms with van der Waals surface area (Å²) in [6.07, 6.45) is 0.142. The Hall–Kier alpha value is -5.76. The average Bonchev–Trinajstić information content (AvgIpc) is 3.05. The highest BCUT2D eigenvalue weighted by Crippen LogP contribution is 2.31. The molecule has 0 saturated heterocycles. The fourth-order valence-corrected chi connectivity index (χ4v) is 4.35. The third-order valence-corrected chi connectivity index (χ3v) is 6.79. The van der Waals surface area contributed by atoms with E-state index in [2.05, 4.69) is 37.8 Å². The Morgan fingerprint density at radius 1 is 0.896 bits per heavy atom. The molecular weight excluding hydrogens is 627 g/mol. The predicted octanol–water partition coefficient (Wildman–Crippen LogP) is 6.51. The van der Waals surface area contributed by atoms with Crippen molar-refractivity contribution in [3.63, 3.8) is 0 Å². The lowest BCUT2D eigenvalue weighted by atomic mass is 10.1. The summed E-state index contributed by atoms with van der Waals surface area (Å²) in [7, 11) is 3.94. The summed E-state index contributed by atoms with van der Waals surface area (Å²) >= 11 is 0. The van der Waals surface area contributed by atoms with Gasteiger partial charge in [-0.1, -0.05) is 18.7 Å². The number of hydrogen-bond donors (Lipinski definition) is 4. The Balaban J connectivity index is 1.41. The number of halogens is 3. The van der Waals surface area contributed by atoms with Gasteiger partial charge in [0, 0.05) is 29.0 Å². The minimum absolute atomic E-state index is 0.181. The predicted molar refractivity (Wildman–Crippen MR) is 178 cm³/mol. The molecule has 4 aromatic rings. The maximum absolute atomic E-state index is 13.1. The molecule has 4 N–H and O–H groups in total. The summed E-state index contributed by atoms with van der Waals surface area (Å²) in [6.45, 7) is 6.49. The molecule has 0 atom stereocenters. The van der Waals surface area contributed by atoms with E-state index in [-0.39, 0.29) is 28.5 Å². The molecule has 0 aliphatic rings. The molecule has 0 aliphatic heterocycles. The number of rotatable bonds is 13. The molecule has 4 rings (SSSR count). The molecule has 11 nitrogen and oxygen atoms in total. The summed E-state index contributed by atoms with van der Waals surface area (Å²) in [5.41, 5.74) is 1.18. The van der Waals surface area contributed by atoms with Crippen molar-refractivity contribution in [3.8, 4) is 5.75 Å². The quantitative estimate of drug-likeness (QED) is 0.0941. The summed E-state index contributed by atoms with van der Waals surface area (Å²) in [4.78, 5) is 48.3. The van der Waals surface area contributed by atoms with Crippen molar-refractivity contribution in [1.29, 1.82) is 0 Å². The van der Waals surface area contributed by atoms with Crippen molar-refractivity contribution in [3.05, 3.63) is 108 Å². The number of carbonyl (C=O) groups is 3. The summed E-state index contributed by atoms with van der Waals surface area (Å²) in [6, 6.07) is 13.7. The zero-order chi connectivity index (χ0) is 34.8. The molecule has 1 aromatic heterocycles. The van der Waals surface area contributed by atoms with E-state index in [0.717, 1.165) is 37.2 Å². The van der Waals surface area contributed by atoms with Gasteiger partial charge in [0.2, 0.25) is 11.9 Å². The minimum Gasteiger partial charge on any atom is -0.491 e. The Bertz CT molecular complexity index is 1790. The number of ether oxygens (including phenoxy) is 1. The van der Waals surface area contributed by atoms with Crippen LogP contribution in [0.4, 0.5) is 41.9 Å². The van der Waals surface area contributed by atoms with E-state index in [1.165, 1.54) is 24.5 Å². The Labute approximate surface area is 275 Å². The van der Waals surface area contributed by atoms with Gasteiger partial charge >= 0.3 is 6.18 Å². The molecule has 0 spiro atoms. The molecule has 0 unspecified atom stereocenters. The second kappa shape index (κ2) is 15.7. The highest BCUT2D eigenvalue weighted by atomic mass is 19.4. The van der Waals surface area contributed by atoms with Gasteiger partial charge in [-0.05, 0) is 87.6 Å². The Kier molecular flexibility index (Phi) is 11.5. The highest BCUT2D eigenvalue weighted by molar-refractivity contribution is 6.08. The molecule has 3 amide bonds. The standard InChI is InChI=1S/C34H34F3N7O4/c1-5-30(45)43-28-18-25(12-13-29(28)48-15-7-14-44(3)4)42-33-38-19-26(20-39-33)41-32(47)27-17-24(11-10-21(27)2)40-31(46)22-8-6-9-23(16-22)34(35,36)37/h5-6,8-13,16-20H,1,7,14-15H2,2-4H3,(H,40,46)(H,41,47)(H,43,45)(H,38,39,42). The second-order valence-electron chi connectivity index (χ2n) is 10.8. The highest BCUT2D eigenvalue weighted by Gasteiger charge is 2.31. The van der Waals surface area contributed by atoms with Gasteiger partial charge in [0.15, 0.2) is 0 Å². The van der Waals surface area contributed by atoms with Crippen LogP contribution < -0.4 is 26.0 Å². The van der Waals surface area contributed by atoms with Gasteiger partial charge in [-0.25, -0.2) is 9.97 Å². The third kappa shape index (κ3) is 9.87. The molecule has 0 saturated carbocycles. The first-order valence-electron chi connectivity index (χ1n) is 14.7. The largest absolute Gasteiger partial charge is 0.491 e. The number of anilines is 5. The minimum atomic E-state index is -4.59. The topological polar surface area (TPSA) is 138 Å². The maximum Gasteiger partial charge on any atom is 0.416 e. The van der Waals surface area contributed by atoms with Crippen LogP contribution in [-0.4, -0.2) is 59.8 Å². The fourth-order valence-electron chi connectivity index (χ4n) is 4.35. The van der Waals surface area contributed by atoms with Crippen LogP contribution in [0, 0.1) is 6.92 Å². The average molecular weight is 662 g/mol. The van der Waals surface area contributed by atoms with Crippen LogP contribution in [0.15, 0.2) is 85.7 Å². The van der Waals surface area contributed by atoms with Crippen molar-refractivity contribution in [2.45, 2.75) is 19.5 Å². The number of carbonyl (C=O) groups excluding carboxylic acids is 3. The molecule has 0 bridgehead atoms. The van der Waals surface area contributed by atoms with E-state index in [0.29, 0.717) is 29.3 Å². The first kappa shape index (κ1) is 35.1. The van der Waals surface area contributed by atoms with E-state index in [1.807, 2.05) is 19.0 Å². The van der Waals surface area contributed by atoms with Gasteiger partial charge in [0.25, 0.3) is 11.8 Å². The van der Waals surface area contributed by atoms with Crippen LogP contribution in [0.2, 0.25) is 0 Å². The monoisotopic (exact) mass is 661 g/mol. The summed E-state index contributed by atoms with van der Waals surface area (Å²) < 4.78 is 45.1. The Morgan fingerprint density at radius 2 is 1.60 bits per heavy atom. The molecule has 14 heteroatoms. The zero-order valence-electron chi connectivity index (χ0n) is 26.4. The lowest BCUT2D eigenvalue weighted by Gasteiger charge is -2.15. The van der Waals surface area contributed by atoms with E-state index < -0.39 is 29.5 Å². The van der Waals surface area contributed by atoms with Gasteiger partial charge in [-0.2, -0.15) is 13.2 Å². The van der Waals surface area contributed by atoms with Crippen LogP contribution in [-0.2, 0) is 11.0 Å². The van der Waals surface area contributed by atoms with Gasteiger partial charge in [-0.15, -0.1) is 0 Å². The lowest BCUT2D eigenvalue weighted by Crippen LogP contribution is -2.17. The number of hydrogen-bond acceptors (Lipinski definition) is 8. The number of alkyl halides is 3. The fraction of sp³-hybridized carbons (Fsp3) is 0.206. The van der Waals surface area contributed by atoms with Crippen molar-refractivity contribution in [2.24, 2.45) is 0 Å². The maximum atomic E-state index is 13.1. The SMILES string of the molecule is C=CC(=O)Nc1cc(Nc2ncc(NC(=O)c3cc(NC(=O)c4cccc(C(F)(F)F)c4)ccc3C)cn2)ccc1OCCCN(C)C. The zero-order valence-corrected chi connectivity index (χ0v) is 26.4. The van der Waals surface area contributed by atoms with Crippen LogP contribution in [0.3, 0.4) is 0 Å². The number of nitrogens with zero attached hydrogens (tertiary/aromatic N) is 3. The molecule has 1 heterocycles. The third-order valence-electron chi connectivity index (χ3n) is 6.79. The summed E-state index contributed by atoms with van der Waals surface area (Å²) in [5, 5.41) is 11.0. The molecule has 250 valence electrons. The van der Waals surface area contributed by atoms with E-state index in [1.54, 1.807) is 37.3 Å². The number of amides is 3. The smallest absolute Gasteiger partial charge is 0.416 e. The van der Waals surface area contributed by atoms with E-state index >= 15 is 0 Å². The number of aromatic nitrogens is 2. The van der Waals surface area contributed by atoms with Gasteiger partial charge in [0.05, 0.1) is 35.9 Å². The number of nitrogens with one attached hydrogen (secondary N) is 4. The van der Waals surface area contributed by atoms with Crippen molar-refractivity contribution < 1.29 is 32.3 Å².